The van der Waals surface area contributed by atoms with Crippen molar-refractivity contribution in [3.63, 3.8) is 0 Å². The summed E-state index contributed by atoms with van der Waals surface area (Å²) < 4.78 is 4.10. The number of nitrogens with zero attached hydrogens (tertiary/aromatic N) is 6. The van der Waals surface area contributed by atoms with Crippen LogP contribution in [0.3, 0.4) is 0 Å². The third-order valence-electron chi connectivity index (χ3n) is 4.79. The Hall–Kier alpha value is -2.84. The molecule has 0 atom stereocenters. The number of thiazole rings is 2. The van der Waals surface area contributed by atoms with Gasteiger partial charge in [-0.15, -0.1) is 22.7 Å². The Morgan fingerprint density at radius 2 is 1.79 bits per heavy atom. The number of aromatic nitrogens is 4. The van der Waals surface area contributed by atoms with Crippen molar-refractivity contribution in [1.29, 1.82) is 0 Å². The minimum Gasteiger partial charge on any atom is -0.336 e. The van der Waals surface area contributed by atoms with Gasteiger partial charge < -0.3 is 9.13 Å². The van der Waals surface area contributed by atoms with E-state index in [1.165, 1.54) is 0 Å². The molecule has 0 aliphatic heterocycles. The van der Waals surface area contributed by atoms with E-state index < -0.39 is 0 Å². The number of pyridine rings is 2. The molecule has 0 aliphatic rings. The van der Waals surface area contributed by atoms with Gasteiger partial charge in [0.15, 0.2) is 10.6 Å². The van der Waals surface area contributed by atoms with Gasteiger partial charge in [0.05, 0.1) is 5.69 Å². The molecule has 4 aromatic heterocycles. The summed E-state index contributed by atoms with van der Waals surface area (Å²) in [6.07, 6.45) is 3.74. The topological polar surface area (TPSA) is 60.4 Å². The van der Waals surface area contributed by atoms with Gasteiger partial charge in [0, 0.05) is 48.4 Å². The van der Waals surface area contributed by atoms with E-state index in [4.69, 9.17) is 9.98 Å². The average Bonchev–Trinajstić information content (AvgIpc) is 3.33. The van der Waals surface area contributed by atoms with Crippen LogP contribution in [-0.2, 0) is 19.5 Å². The zero-order valence-corrected chi connectivity index (χ0v) is 18.4. The predicted molar refractivity (Wildman–Crippen MR) is 118 cm³/mol. The standard InChI is InChI=1S/C21H22N6S2/c1-21(2,15-13-28-19(23-15)25-18-10-6-8-12-26(18)3)16-14-29-20(27(16)4)24-17-9-5-7-11-22-17/h5-14H,1-4H3/b24-20+,25-18-. The van der Waals surface area contributed by atoms with Crippen molar-refractivity contribution in [1.82, 2.24) is 19.1 Å². The van der Waals surface area contributed by atoms with Crippen molar-refractivity contribution in [2.24, 2.45) is 24.1 Å². The zero-order valence-electron chi connectivity index (χ0n) is 16.8. The highest BCUT2D eigenvalue weighted by Crippen LogP contribution is 2.34. The molecule has 148 valence electrons. The van der Waals surface area contributed by atoms with Crippen LogP contribution >= 0.6 is 22.7 Å². The van der Waals surface area contributed by atoms with Crippen molar-refractivity contribution in [3.8, 4) is 0 Å². The first-order valence-corrected chi connectivity index (χ1v) is 10.9. The van der Waals surface area contributed by atoms with E-state index in [1.807, 2.05) is 61.3 Å². The Morgan fingerprint density at radius 3 is 2.55 bits per heavy atom. The number of rotatable bonds is 4. The summed E-state index contributed by atoms with van der Waals surface area (Å²) in [6.45, 7) is 4.36. The van der Waals surface area contributed by atoms with Gasteiger partial charge >= 0.3 is 0 Å². The van der Waals surface area contributed by atoms with E-state index in [-0.39, 0.29) is 5.41 Å². The van der Waals surface area contributed by atoms with Gasteiger partial charge in [-0.1, -0.05) is 12.1 Å². The van der Waals surface area contributed by atoms with E-state index in [0.29, 0.717) is 5.82 Å². The summed E-state index contributed by atoms with van der Waals surface area (Å²) in [4.78, 5) is 19.4. The third kappa shape index (κ3) is 3.99. The van der Waals surface area contributed by atoms with E-state index in [2.05, 4.69) is 39.2 Å². The third-order valence-corrected chi connectivity index (χ3v) is 6.45. The van der Waals surface area contributed by atoms with Gasteiger partial charge in [0.1, 0.15) is 5.49 Å². The molecule has 0 N–H and O–H groups in total. The van der Waals surface area contributed by atoms with Crippen molar-refractivity contribution in [2.45, 2.75) is 19.3 Å². The first-order valence-electron chi connectivity index (χ1n) is 9.18. The summed E-state index contributed by atoms with van der Waals surface area (Å²) >= 11 is 3.17. The summed E-state index contributed by atoms with van der Waals surface area (Å²) in [6, 6.07) is 11.7. The molecule has 0 fully saturated rings. The fourth-order valence-electron chi connectivity index (χ4n) is 3.02. The van der Waals surface area contributed by atoms with Crippen LogP contribution < -0.4 is 10.3 Å². The first-order chi connectivity index (χ1) is 13.9. The lowest BCUT2D eigenvalue weighted by molar-refractivity contribution is 0.564. The Balaban J connectivity index is 1.70. The van der Waals surface area contributed by atoms with Crippen LogP contribution in [0.15, 0.2) is 69.5 Å². The molecule has 0 aliphatic carbocycles. The molecule has 4 aromatic rings. The SMILES string of the molecule is Cn1cccc/c1=N/c1nc(C(C)(C)c2cs/c(=N/c3ccccn3)n2C)cs1. The molecule has 0 spiro atoms. The highest BCUT2D eigenvalue weighted by molar-refractivity contribution is 7.13. The molecule has 0 aromatic carbocycles. The summed E-state index contributed by atoms with van der Waals surface area (Å²) in [5, 5.41) is 5.00. The Morgan fingerprint density at radius 1 is 0.966 bits per heavy atom. The molecule has 0 saturated heterocycles. The second kappa shape index (κ2) is 7.88. The number of aryl methyl sites for hydroxylation is 1. The maximum absolute atomic E-state index is 4.82. The lowest BCUT2D eigenvalue weighted by Crippen LogP contribution is -2.26. The van der Waals surface area contributed by atoms with Crippen molar-refractivity contribution in [3.05, 3.63) is 81.2 Å². The van der Waals surface area contributed by atoms with Crippen LogP contribution in [0.4, 0.5) is 10.9 Å². The second-order valence-electron chi connectivity index (χ2n) is 7.18. The molecule has 29 heavy (non-hydrogen) atoms. The Bertz CT molecular complexity index is 1260. The molecule has 4 heterocycles. The molecule has 4 rings (SSSR count). The Labute approximate surface area is 177 Å². The minimum absolute atomic E-state index is 0.272. The molecule has 0 unspecified atom stereocenters. The highest BCUT2D eigenvalue weighted by atomic mass is 32.1. The summed E-state index contributed by atoms with van der Waals surface area (Å²) in [5.74, 6) is 0.708. The van der Waals surface area contributed by atoms with Crippen molar-refractivity contribution >= 4 is 33.6 Å². The molecule has 8 heteroatoms. The van der Waals surface area contributed by atoms with Crippen molar-refractivity contribution in [2.75, 3.05) is 0 Å². The average molecular weight is 423 g/mol. The summed E-state index contributed by atoms with van der Waals surface area (Å²) in [5.41, 5.74) is 2.76. The van der Waals surface area contributed by atoms with Gasteiger partial charge in [-0.05, 0) is 38.1 Å². The highest BCUT2D eigenvalue weighted by Gasteiger charge is 2.29. The van der Waals surface area contributed by atoms with Crippen LogP contribution in [0.2, 0.25) is 0 Å². The smallest absolute Gasteiger partial charge is 0.211 e. The zero-order chi connectivity index (χ0) is 20.4. The number of hydrogen-bond acceptors (Lipinski definition) is 6. The molecule has 0 bridgehead atoms. The largest absolute Gasteiger partial charge is 0.336 e. The molecular weight excluding hydrogens is 400 g/mol. The van der Waals surface area contributed by atoms with E-state index in [9.17, 15) is 0 Å². The predicted octanol–water partition coefficient (Wildman–Crippen LogP) is 4.07. The van der Waals surface area contributed by atoms with Gasteiger partial charge in [0.25, 0.3) is 0 Å². The fraction of sp³-hybridized carbons (Fsp3) is 0.238. The van der Waals surface area contributed by atoms with Crippen LogP contribution in [0.5, 0.6) is 0 Å². The quantitative estimate of drug-likeness (QED) is 0.498. The van der Waals surface area contributed by atoms with Gasteiger partial charge in [-0.2, -0.15) is 0 Å². The number of hydrogen-bond donors (Lipinski definition) is 0. The fourth-order valence-corrected chi connectivity index (χ4v) is 4.95. The van der Waals surface area contributed by atoms with Crippen molar-refractivity contribution < 1.29 is 0 Å². The van der Waals surface area contributed by atoms with Gasteiger partial charge in [-0.25, -0.2) is 20.0 Å². The van der Waals surface area contributed by atoms with Gasteiger partial charge in [0.2, 0.25) is 5.13 Å². The molecule has 6 nitrogen and oxygen atoms in total. The van der Waals surface area contributed by atoms with Crippen LogP contribution in [0.1, 0.15) is 25.2 Å². The molecular formula is C21H22N6S2. The minimum atomic E-state index is -0.272. The molecule has 0 saturated carbocycles. The normalized spacial score (nSPS) is 13.2. The lowest BCUT2D eigenvalue weighted by Gasteiger charge is -2.23. The maximum Gasteiger partial charge on any atom is 0.211 e. The van der Waals surface area contributed by atoms with Crippen LogP contribution in [0, 0.1) is 0 Å². The Kier molecular flexibility index (Phi) is 5.29. The van der Waals surface area contributed by atoms with Gasteiger partial charge in [-0.3, -0.25) is 0 Å². The first kappa shape index (κ1) is 19.5. The van der Waals surface area contributed by atoms with E-state index >= 15 is 0 Å². The van der Waals surface area contributed by atoms with E-state index in [0.717, 1.165) is 26.8 Å². The van der Waals surface area contributed by atoms with Crippen LogP contribution in [-0.4, -0.2) is 19.1 Å². The van der Waals surface area contributed by atoms with Crippen LogP contribution in [0.25, 0.3) is 0 Å². The lowest BCUT2D eigenvalue weighted by atomic mass is 9.87. The monoisotopic (exact) mass is 422 g/mol. The second-order valence-corrected chi connectivity index (χ2v) is 8.86. The van der Waals surface area contributed by atoms with E-state index in [1.54, 1.807) is 28.9 Å². The summed E-state index contributed by atoms with van der Waals surface area (Å²) in [7, 11) is 4.02. The molecule has 0 amide bonds. The maximum atomic E-state index is 4.82. The molecule has 0 radical (unpaired) electrons.